The number of anilines is 1. The van der Waals surface area contributed by atoms with Crippen molar-refractivity contribution in [3.63, 3.8) is 0 Å². The first-order valence-electron chi connectivity index (χ1n) is 5.15. The highest BCUT2D eigenvalue weighted by Crippen LogP contribution is 2.19. The Bertz CT molecular complexity index is 653. The van der Waals surface area contributed by atoms with Crippen molar-refractivity contribution in [2.24, 2.45) is 0 Å². The van der Waals surface area contributed by atoms with Gasteiger partial charge in [0.1, 0.15) is 6.26 Å². The molecule has 0 saturated carbocycles. The fourth-order valence-electron chi connectivity index (χ4n) is 1.37. The molecule has 2 aromatic rings. The molecule has 1 N–H and O–H groups in total. The first kappa shape index (κ1) is 12.7. The third-order valence-corrected chi connectivity index (χ3v) is 2.24. The average Bonchev–Trinajstić information content (AvgIpc) is 2.74. The van der Waals surface area contributed by atoms with Crippen molar-refractivity contribution >= 4 is 17.6 Å². The molecule has 2 rings (SSSR count). The lowest BCUT2D eigenvalue weighted by Gasteiger charge is -2.01. The number of benzene rings is 1. The summed E-state index contributed by atoms with van der Waals surface area (Å²) in [6.45, 7) is 1.67. The molecule has 1 amide bonds. The molecule has 0 bridgehead atoms. The van der Waals surface area contributed by atoms with Crippen LogP contribution < -0.4 is 5.32 Å². The summed E-state index contributed by atoms with van der Waals surface area (Å²) >= 11 is 0. The van der Waals surface area contributed by atoms with Crippen molar-refractivity contribution < 1.29 is 18.5 Å². The Labute approximate surface area is 106 Å². The predicted molar refractivity (Wildman–Crippen MR) is 62.2 cm³/mol. The van der Waals surface area contributed by atoms with E-state index in [1.54, 1.807) is 6.92 Å². The van der Waals surface area contributed by atoms with Crippen molar-refractivity contribution in [3.8, 4) is 0 Å². The molecule has 0 fully saturated rings. The van der Waals surface area contributed by atoms with E-state index >= 15 is 0 Å². The minimum atomic E-state index is -1.01. The van der Waals surface area contributed by atoms with Gasteiger partial charge in [0.05, 0.1) is 10.6 Å². The maximum absolute atomic E-state index is 13.1. The Morgan fingerprint density at radius 3 is 2.84 bits per heavy atom. The molecule has 0 aliphatic heterocycles. The lowest BCUT2D eigenvalue weighted by atomic mass is 10.2. The monoisotopic (exact) mass is 265 g/mol. The van der Waals surface area contributed by atoms with Gasteiger partial charge in [0.25, 0.3) is 5.91 Å². The largest absolute Gasteiger partial charge is 0.432 e. The van der Waals surface area contributed by atoms with E-state index in [1.165, 1.54) is 6.26 Å². The van der Waals surface area contributed by atoms with Crippen molar-refractivity contribution in [1.82, 2.24) is 4.98 Å². The SMILES string of the molecule is Cc1coc(NC(=O)c2ccc(F)c([N+](=O)[O-])c2)n1. The first-order valence-corrected chi connectivity index (χ1v) is 5.15. The number of amides is 1. The second-order valence-electron chi connectivity index (χ2n) is 3.67. The van der Waals surface area contributed by atoms with Crippen LogP contribution in [0.3, 0.4) is 0 Å². The number of nitro benzene ring substituents is 1. The van der Waals surface area contributed by atoms with Crippen LogP contribution in [0.2, 0.25) is 0 Å². The van der Waals surface area contributed by atoms with Crippen molar-refractivity contribution in [2.75, 3.05) is 5.32 Å². The molecule has 98 valence electrons. The van der Waals surface area contributed by atoms with Crippen LogP contribution in [0.4, 0.5) is 16.1 Å². The fraction of sp³-hybridized carbons (Fsp3) is 0.0909. The van der Waals surface area contributed by atoms with E-state index in [0.29, 0.717) is 5.69 Å². The predicted octanol–water partition coefficient (Wildman–Crippen LogP) is 2.28. The number of oxazole rings is 1. The van der Waals surface area contributed by atoms with Gasteiger partial charge in [0.2, 0.25) is 5.82 Å². The maximum Gasteiger partial charge on any atom is 0.305 e. The van der Waals surface area contributed by atoms with Crippen LogP contribution in [0, 0.1) is 22.9 Å². The van der Waals surface area contributed by atoms with E-state index in [4.69, 9.17) is 4.42 Å². The number of aromatic nitrogens is 1. The molecule has 19 heavy (non-hydrogen) atoms. The van der Waals surface area contributed by atoms with Crippen molar-refractivity contribution in [2.45, 2.75) is 6.92 Å². The van der Waals surface area contributed by atoms with Crippen molar-refractivity contribution in [3.05, 3.63) is 51.7 Å². The molecule has 0 unspecified atom stereocenters. The summed E-state index contributed by atoms with van der Waals surface area (Å²) in [7, 11) is 0. The Balaban J connectivity index is 2.24. The van der Waals surface area contributed by atoms with Gasteiger partial charge in [-0.05, 0) is 19.1 Å². The van der Waals surface area contributed by atoms with Gasteiger partial charge in [0, 0.05) is 11.6 Å². The van der Waals surface area contributed by atoms with Gasteiger partial charge >= 0.3 is 11.7 Å². The number of carbonyl (C=O) groups excluding carboxylic acids is 1. The van der Waals surface area contributed by atoms with Gasteiger partial charge < -0.3 is 4.42 Å². The van der Waals surface area contributed by atoms with Crippen LogP contribution in [0.15, 0.2) is 28.9 Å². The highest BCUT2D eigenvalue weighted by molar-refractivity contribution is 6.03. The van der Waals surface area contributed by atoms with Crippen LogP contribution in [-0.2, 0) is 0 Å². The lowest BCUT2D eigenvalue weighted by molar-refractivity contribution is -0.387. The third-order valence-electron chi connectivity index (χ3n) is 2.24. The van der Waals surface area contributed by atoms with E-state index < -0.39 is 22.3 Å². The zero-order valence-electron chi connectivity index (χ0n) is 9.71. The molecule has 0 atom stereocenters. The summed E-state index contributed by atoms with van der Waals surface area (Å²) in [5, 5.41) is 12.9. The van der Waals surface area contributed by atoms with E-state index in [-0.39, 0.29) is 11.6 Å². The molecule has 0 radical (unpaired) electrons. The molecule has 1 heterocycles. The molecular formula is C11H8FN3O4. The molecule has 1 aromatic carbocycles. The van der Waals surface area contributed by atoms with E-state index in [0.717, 1.165) is 18.2 Å². The zero-order chi connectivity index (χ0) is 14.0. The maximum atomic E-state index is 13.1. The van der Waals surface area contributed by atoms with Crippen LogP contribution in [0.1, 0.15) is 16.1 Å². The van der Waals surface area contributed by atoms with Gasteiger partial charge in [0.15, 0.2) is 0 Å². The number of hydrogen-bond donors (Lipinski definition) is 1. The number of nitro groups is 1. The fourth-order valence-corrected chi connectivity index (χ4v) is 1.37. The van der Waals surface area contributed by atoms with Gasteiger partial charge in [-0.1, -0.05) is 0 Å². The minimum Gasteiger partial charge on any atom is -0.432 e. The van der Waals surface area contributed by atoms with E-state index in [1.807, 2.05) is 0 Å². The second kappa shape index (κ2) is 4.84. The number of carbonyl (C=O) groups is 1. The minimum absolute atomic E-state index is 0.0329. The third kappa shape index (κ3) is 2.73. The molecule has 8 heteroatoms. The van der Waals surface area contributed by atoms with E-state index in [2.05, 4.69) is 10.3 Å². The highest BCUT2D eigenvalue weighted by Gasteiger charge is 2.18. The Morgan fingerprint density at radius 2 is 2.26 bits per heavy atom. The first-order chi connectivity index (χ1) is 8.97. The van der Waals surface area contributed by atoms with Gasteiger partial charge in [-0.25, -0.2) is 0 Å². The topological polar surface area (TPSA) is 98.3 Å². The normalized spacial score (nSPS) is 10.2. The second-order valence-corrected chi connectivity index (χ2v) is 3.67. The number of rotatable bonds is 3. The van der Waals surface area contributed by atoms with Gasteiger partial charge in [-0.2, -0.15) is 9.37 Å². The quantitative estimate of drug-likeness (QED) is 0.678. The van der Waals surface area contributed by atoms with Crippen molar-refractivity contribution in [1.29, 1.82) is 0 Å². The number of halogens is 1. The van der Waals surface area contributed by atoms with Crippen LogP contribution in [-0.4, -0.2) is 15.8 Å². The highest BCUT2D eigenvalue weighted by atomic mass is 19.1. The standard InChI is InChI=1S/C11H8FN3O4/c1-6-5-19-11(13-6)14-10(16)7-2-3-8(12)9(4-7)15(17)18/h2-5H,1H3,(H,13,14,16). The zero-order valence-corrected chi connectivity index (χ0v) is 9.71. The number of hydrogen-bond acceptors (Lipinski definition) is 5. The average molecular weight is 265 g/mol. The Kier molecular flexibility index (Phi) is 3.23. The van der Waals surface area contributed by atoms with Crippen LogP contribution in [0.5, 0.6) is 0 Å². The molecule has 0 aliphatic rings. The summed E-state index contributed by atoms with van der Waals surface area (Å²) < 4.78 is 18.0. The summed E-state index contributed by atoms with van der Waals surface area (Å²) in [6, 6.07) is 2.80. The van der Waals surface area contributed by atoms with Gasteiger partial charge in [-0.3, -0.25) is 20.2 Å². The summed E-state index contributed by atoms with van der Waals surface area (Å²) in [4.78, 5) is 25.3. The summed E-state index contributed by atoms with van der Waals surface area (Å²) in [5.74, 6) is -1.68. The van der Waals surface area contributed by atoms with Crippen LogP contribution in [0.25, 0.3) is 0 Å². The number of aryl methyl sites for hydroxylation is 1. The Hall–Kier alpha value is -2.77. The smallest absolute Gasteiger partial charge is 0.305 e. The Morgan fingerprint density at radius 1 is 1.53 bits per heavy atom. The molecular weight excluding hydrogens is 257 g/mol. The molecule has 0 saturated heterocycles. The summed E-state index contributed by atoms with van der Waals surface area (Å²) in [5.41, 5.74) is -0.263. The molecule has 0 aliphatic carbocycles. The molecule has 1 aromatic heterocycles. The van der Waals surface area contributed by atoms with Gasteiger partial charge in [-0.15, -0.1) is 0 Å². The molecule has 7 nitrogen and oxygen atoms in total. The molecule has 0 spiro atoms. The summed E-state index contributed by atoms with van der Waals surface area (Å²) in [6.07, 6.45) is 1.34. The van der Waals surface area contributed by atoms with E-state index in [9.17, 15) is 19.3 Å². The van der Waals surface area contributed by atoms with Crippen LogP contribution >= 0.6 is 0 Å². The number of nitrogens with one attached hydrogen (secondary N) is 1. The number of nitrogens with zero attached hydrogens (tertiary/aromatic N) is 2. The lowest BCUT2D eigenvalue weighted by Crippen LogP contribution is -2.12.